The highest BCUT2D eigenvalue weighted by Crippen LogP contribution is 2.35. The topological polar surface area (TPSA) is 77.8 Å². The lowest BCUT2D eigenvalue weighted by molar-refractivity contribution is 0.174. The van der Waals surface area contributed by atoms with Crippen LogP contribution >= 0.6 is 22.9 Å². The lowest BCUT2D eigenvalue weighted by Crippen LogP contribution is -2.15. The molecule has 0 aliphatic carbocycles. The van der Waals surface area contributed by atoms with Gasteiger partial charge in [0.1, 0.15) is 0 Å². The third kappa shape index (κ3) is 2.38. The molecule has 0 radical (unpaired) electrons. The summed E-state index contributed by atoms with van der Waals surface area (Å²) in [4.78, 5) is 17.7. The summed E-state index contributed by atoms with van der Waals surface area (Å²) in [6.45, 7) is 0.148. The number of ether oxygens (including phenoxy) is 2. The Bertz CT molecular complexity index is 1190. The van der Waals surface area contributed by atoms with Crippen molar-refractivity contribution in [2.75, 3.05) is 12.1 Å². The van der Waals surface area contributed by atoms with Crippen LogP contribution in [0.4, 0.5) is 10.8 Å². The molecule has 25 heavy (non-hydrogen) atoms. The monoisotopic (exact) mass is 372 g/mol. The van der Waals surface area contributed by atoms with Crippen molar-refractivity contribution in [3.8, 4) is 11.5 Å². The van der Waals surface area contributed by atoms with E-state index in [4.69, 9.17) is 21.1 Å². The summed E-state index contributed by atoms with van der Waals surface area (Å²) >= 11 is 7.17. The fourth-order valence-corrected chi connectivity index (χ4v) is 3.55. The summed E-state index contributed by atoms with van der Waals surface area (Å²) in [5, 5.41) is 9.11. The Morgan fingerprint density at radius 2 is 1.92 bits per heavy atom. The van der Waals surface area contributed by atoms with Gasteiger partial charge in [-0.15, -0.1) is 5.10 Å². The predicted molar refractivity (Wildman–Crippen MR) is 95.5 cm³/mol. The van der Waals surface area contributed by atoms with Gasteiger partial charge in [-0.2, -0.15) is 4.52 Å². The van der Waals surface area contributed by atoms with E-state index in [1.165, 1.54) is 15.9 Å². The summed E-state index contributed by atoms with van der Waals surface area (Å²) in [5.74, 6) is 1.13. The van der Waals surface area contributed by atoms with E-state index in [0.717, 1.165) is 5.69 Å². The second-order valence-corrected chi connectivity index (χ2v) is 6.77. The van der Waals surface area contributed by atoms with E-state index < -0.39 is 0 Å². The number of aromatic nitrogens is 3. The molecule has 5 rings (SSSR count). The van der Waals surface area contributed by atoms with E-state index in [1.807, 2.05) is 12.1 Å². The summed E-state index contributed by atoms with van der Waals surface area (Å²) in [6, 6.07) is 10.6. The number of nitrogens with one attached hydrogen (secondary N) is 1. The highest BCUT2D eigenvalue weighted by Gasteiger charge is 2.18. The molecule has 1 aliphatic rings. The first kappa shape index (κ1) is 14.5. The standard InChI is InChI=1S/C16H9ClN4O3S/c17-8-1-3-9(4-2-8)18-15-20-21-14(22)10-5-12-13(24-7-23-12)6-11(10)19-16(21)25-15/h1-6H,7H2,(H,18,20). The normalized spacial score (nSPS) is 12.8. The second-order valence-electron chi connectivity index (χ2n) is 5.37. The number of halogens is 1. The SMILES string of the molecule is O=c1c2cc3c(cc2nc2sc(Nc4ccc(Cl)cc4)nn12)OCO3. The molecular formula is C16H9ClN4O3S. The predicted octanol–water partition coefficient (Wildman–Crippen LogP) is 3.43. The van der Waals surface area contributed by atoms with Crippen molar-refractivity contribution in [3.63, 3.8) is 0 Å². The average molecular weight is 373 g/mol. The van der Waals surface area contributed by atoms with Crippen LogP contribution in [0, 0.1) is 0 Å². The molecule has 0 atom stereocenters. The summed E-state index contributed by atoms with van der Waals surface area (Å²) in [7, 11) is 0. The van der Waals surface area contributed by atoms with Crippen LogP contribution in [0.3, 0.4) is 0 Å². The Balaban J connectivity index is 1.64. The molecule has 124 valence electrons. The molecule has 0 amide bonds. The van der Waals surface area contributed by atoms with Gasteiger partial charge >= 0.3 is 0 Å². The Morgan fingerprint density at radius 3 is 2.72 bits per heavy atom. The van der Waals surface area contributed by atoms with Gasteiger partial charge in [-0.1, -0.05) is 22.9 Å². The van der Waals surface area contributed by atoms with Gasteiger partial charge in [-0.3, -0.25) is 4.79 Å². The quantitative estimate of drug-likeness (QED) is 0.581. The first-order chi connectivity index (χ1) is 12.2. The van der Waals surface area contributed by atoms with Gasteiger partial charge < -0.3 is 14.8 Å². The molecule has 0 bridgehead atoms. The molecule has 0 saturated heterocycles. The molecule has 4 aromatic rings. The van der Waals surface area contributed by atoms with Crippen LogP contribution in [0.1, 0.15) is 0 Å². The lowest BCUT2D eigenvalue weighted by Gasteiger charge is -2.00. The molecular weight excluding hydrogens is 364 g/mol. The average Bonchev–Trinajstić information content (AvgIpc) is 3.22. The van der Waals surface area contributed by atoms with Crippen LogP contribution < -0.4 is 20.3 Å². The van der Waals surface area contributed by atoms with Crippen molar-refractivity contribution in [2.45, 2.75) is 0 Å². The first-order valence-electron chi connectivity index (χ1n) is 7.33. The third-order valence-electron chi connectivity index (χ3n) is 3.79. The van der Waals surface area contributed by atoms with Gasteiger partial charge in [-0.25, -0.2) is 4.98 Å². The summed E-state index contributed by atoms with van der Waals surface area (Å²) in [6.07, 6.45) is 0. The summed E-state index contributed by atoms with van der Waals surface area (Å²) in [5.41, 5.74) is 1.12. The van der Waals surface area contributed by atoms with E-state index in [9.17, 15) is 4.79 Å². The Labute approximate surface area is 149 Å². The number of hydrogen-bond acceptors (Lipinski definition) is 7. The van der Waals surface area contributed by atoms with Crippen molar-refractivity contribution in [3.05, 3.63) is 51.8 Å². The van der Waals surface area contributed by atoms with Gasteiger partial charge in [0.2, 0.25) is 16.9 Å². The van der Waals surface area contributed by atoms with Crippen molar-refractivity contribution in [1.29, 1.82) is 0 Å². The molecule has 2 aromatic heterocycles. The van der Waals surface area contributed by atoms with Crippen LogP contribution in [-0.2, 0) is 0 Å². The van der Waals surface area contributed by atoms with E-state index in [1.54, 1.807) is 24.3 Å². The van der Waals surface area contributed by atoms with Crippen LogP contribution in [-0.4, -0.2) is 21.4 Å². The molecule has 7 nitrogen and oxygen atoms in total. The molecule has 0 spiro atoms. The van der Waals surface area contributed by atoms with E-state index in [2.05, 4.69) is 15.4 Å². The van der Waals surface area contributed by atoms with Gasteiger partial charge in [0, 0.05) is 16.8 Å². The maximum atomic E-state index is 12.7. The summed E-state index contributed by atoms with van der Waals surface area (Å²) < 4.78 is 12.0. The van der Waals surface area contributed by atoms with Crippen molar-refractivity contribution < 1.29 is 9.47 Å². The zero-order valence-corrected chi connectivity index (χ0v) is 14.1. The van der Waals surface area contributed by atoms with Crippen molar-refractivity contribution in [1.82, 2.24) is 14.6 Å². The lowest BCUT2D eigenvalue weighted by atomic mass is 10.2. The molecule has 9 heteroatoms. The number of fused-ring (bicyclic) bond motifs is 3. The van der Waals surface area contributed by atoms with Crippen LogP contribution in [0.5, 0.6) is 11.5 Å². The molecule has 2 aromatic carbocycles. The van der Waals surface area contributed by atoms with Gasteiger partial charge in [0.15, 0.2) is 11.5 Å². The Hall–Kier alpha value is -2.84. The molecule has 3 heterocycles. The number of hydrogen-bond donors (Lipinski definition) is 1. The zero-order valence-electron chi connectivity index (χ0n) is 12.5. The Kier molecular flexibility index (Phi) is 3.09. The van der Waals surface area contributed by atoms with Crippen molar-refractivity contribution >= 4 is 49.6 Å². The minimum atomic E-state index is -0.251. The molecule has 0 unspecified atom stereocenters. The Morgan fingerprint density at radius 1 is 1.16 bits per heavy atom. The molecule has 1 N–H and O–H groups in total. The van der Waals surface area contributed by atoms with Crippen LogP contribution in [0.25, 0.3) is 15.9 Å². The fourth-order valence-electron chi connectivity index (χ4n) is 2.61. The zero-order chi connectivity index (χ0) is 17.0. The van der Waals surface area contributed by atoms with Crippen LogP contribution in [0.15, 0.2) is 41.2 Å². The minimum Gasteiger partial charge on any atom is -0.454 e. The molecule has 1 aliphatic heterocycles. The first-order valence-corrected chi connectivity index (χ1v) is 8.53. The number of nitrogens with zero attached hydrogens (tertiary/aromatic N) is 3. The van der Waals surface area contributed by atoms with Gasteiger partial charge in [0.25, 0.3) is 5.56 Å². The second kappa shape index (κ2) is 5.33. The number of benzene rings is 2. The van der Waals surface area contributed by atoms with Crippen molar-refractivity contribution in [2.24, 2.45) is 0 Å². The van der Waals surface area contributed by atoms with Crippen LogP contribution in [0.2, 0.25) is 5.02 Å². The van der Waals surface area contributed by atoms with E-state index >= 15 is 0 Å². The highest BCUT2D eigenvalue weighted by atomic mass is 35.5. The number of anilines is 2. The van der Waals surface area contributed by atoms with E-state index in [-0.39, 0.29) is 12.4 Å². The van der Waals surface area contributed by atoms with E-state index in [0.29, 0.717) is 37.5 Å². The minimum absolute atomic E-state index is 0.148. The van der Waals surface area contributed by atoms with Gasteiger partial charge in [-0.05, 0) is 30.3 Å². The van der Waals surface area contributed by atoms with Gasteiger partial charge in [0.05, 0.1) is 10.9 Å². The molecule has 0 fully saturated rings. The molecule has 0 saturated carbocycles. The largest absolute Gasteiger partial charge is 0.454 e. The fraction of sp³-hybridized carbons (Fsp3) is 0.0625. The highest BCUT2D eigenvalue weighted by molar-refractivity contribution is 7.20. The third-order valence-corrected chi connectivity index (χ3v) is 4.86. The maximum Gasteiger partial charge on any atom is 0.283 e. The smallest absolute Gasteiger partial charge is 0.283 e. The number of rotatable bonds is 2. The maximum absolute atomic E-state index is 12.7.